The number of benzene rings is 3. The zero-order valence-corrected chi connectivity index (χ0v) is 20.7. The zero-order chi connectivity index (χ0) is 27.3. The topological polar surface area (TPSA) is 139 Å². The summed E-state index contributed by atoms with van der Waals surface area (Å²) in [6.45, 7) is -0.319. The van der Waals surface area contributed by atoms with Crippen molar-refractivity contribution in [3.05, 3.63) is 114 Å². The van der Waals surface area contributed by atoms with E-state index < -0.39 is 42.0 Å². The first kappa shape index (κ1) is 27.8. The first-order valence-electron chi connectivity index (χ1n) is 12.0. The number of carbonyl (C=O) groups is 5. The Bertz CT molecular complexity index is 1250. The van der Waals surface area contributed by atoms with Crippen LogP contribution in [-0.2, 0) is 43.5 Å². The van der Waals surface area contributed by atoms with Crippen LogP contribution in [0, 0.1) is 6.42 Å². The molecule has 0 aliphatic rings. The maximum Gasteiger partial charge on any atom is 0.289 e. The number of hydrogen-bond acceptors (Lipinski definition) is 5. The highest BCUT2D eigenvalue weighted by molar-refractivity contribution is 6.37. The summed E-state index contributed by atoms with van der Waals surface area (Å²) in [4.78, 5) is 63.9. The maximum atomic E-state index is 13.7. The van der Waals surface area contributed by atoms with Gasteiger partial charge in [-0.1, -0.05) is 91.0 Å². The summed E-state index contributed by atoms with van der Waals surface area (Å²) >= 11 is 0. The predicted octanol–water partition coefficient (Wildman–Crippen LogP) is 1.32. The summed E-state index contributed by atoms with van der Waals surface area (Å²) in [5, 5.41) is 5.09. The normalized spacial score (nSPS) is 11.2. The van der Waals surface area contributed by atoms with Gasteiger partial charge in [0.15, 0.2) is 0 Å². The molecule has 3 rings (SSSR count). The molecule has 3 aromatic carbocycles. The number of hydrogen-bond donors (Lipinski definition) is 3. The van der Waals surface area contributed by atoms with Crippen LogP contribution in [0.1, 0.15) is 16.7 Å². The summed E-state index contributed by atoms with van der Waals surface area (Å²) < 4.78 is 0. The molecule has 195 valence electrons. The number of Topliss-reactive ketones (excluding diaryl/α,β-unsaturated/α-hetero) is 1. The van der Waals surface area contributed by atoms with E-state index in [2.05, 4.69) is 10.6 Å². The van der Waals surface area contributed by atoms with Crippen molar-refractivity contribution < 1.29 is 24.0 Å². The number of nitrogens with zero attached hydrogens (tertiary/aromatic N) is 1. The maximum absolute atomic E-state index is 13.7. The molecule has 1 radical (unpaired) electrons. The van der Waals surface area contributed by atoms with E-state index in [1.165, 1.54) is 4.90 Å². The number of primary amides is 1. The molecule has 9 heteroatoms. The van der Waals surface area contributed by atoms with E-state index in [4.69, 9.17) is 5.73 Å². The molecule has 1 atom stereocenters. The van der Waals surface area contributed by atoms with Crippen molar-refractivity contribution in [2.45, 2.75) is 25.6 Å². The number of nitrogens with one attached hydrogen (secondary N) is 2. The second-order valence-corrected chi connectivity index (χ2v) is 8.57. The minimum absolute atomic E-state index is 0.0259. The van der Waals surface area contributed by atoms with E-state index in [0.29, 0.717) is 6.42 Å². The first-order valence-corrected chi connectivity index (χ1v) is 12.0. The molecule has 0 bridgehead atoms. The third kappa shape index (κ3) is 9.02. The summed E-state index contributed by atoms with van der Waals surface area (Å²) in [5.41, 5.74) is 7.39. The van der Waals surface area contributed by atoms with Crippen molar-refractivity contribution in [2.24, 2.45) is 5.73 Å². The lowest BCUT2D eigenvalue weighted by molar-refractivity contribution is -0.143. The van der Waals surface area contributed by atoms with E-state index in [9.17, 15) is 24.0 Å². The Kier molecular flexibility index (Phi) is 10.3. The van der Waals surface area contributed by atoms with Gasteiger partial charge in [-0.2, -0.15) is 0 Å². The molecule has 0 aliphatic carbocycles. The van der Waals surface area contributed by atoms with Crippen LogP contribution in [0.2, 0.25) is 0 Å². The van der Waals surface area contributed by atoms with Crippen molar-refractivity contribution in [2.75, 3.05) is 6.54 Å². The van der Waals surface area contributed by atoms with Crippen LogP contribution in [0.3, 0.4) is 0 Å². The number of nitrogens with two attached hydrogens (primary N) is 1. The van der Waals surface area contributed by atoms with E-state index in [0.717, 1.165) is 16.7 Å². The highest BCUT2D eigenvalue weighted by atomic mass is 16.2. The molecule has 0 saturated carbocycles. The fourth-order valence-electron chi connectivity index (χ4n) is 3.75. The molecule has 4 amide bonds. The summed E-state index contributed by atoms with van der Waals surface area (Å²) in [6.07, 6.45) is 0.743. The van der Waals surface area contributed by atoms with Gasteiger partial charge in [0.25, 0.3) is 5.91 Å². The van der Waals surface area contributed by atoms with E-state index in [-0.39, 0.29) is 19.5 Å². The van der Waals surface area contributed by atoms with Crippen LogP contribution < -0.4 is 16.4 Å². The Labute approximate surface area is 221 Å². The number of rotatable bonds is 13. The lowest BCUT2D eigenvalue weighted by Crippen LogP contribution is -2.52. The summed E-state index contributed by atoms with van der Waals surface area (Å²) in [6, 6.07) is 25.9. The van der Waals surface area contributed by atoms with Crippen LogP contribution in [0.25, 0.3) is 0 Å². The Morgan fingerprint density at radius 2 is 1.29 bits per heavy atom. The molecule has 0 aliphatic heterocycles. The van der Waals surface area contributed by atoms with Crippen molar-refractivity contribution in [3.8, 4) is 0 Å². The standard InChI is InChI=1S/C29H29N4O5/c30-26(35)17-27(36)32-24(16-21-10-4-1-5-11-21)29(38)33(19-23-14-8-3-9-15-23)20-25(34)28(37)31-18-22-12-6-2-7-13-22/h1-15,17,24H,16,18-20H2,(H2,30,35)(H,31,37)(H,32,36)/t24-/m0/s1. The lowest BCUT2D eigenvalue weighted by Gasteiger charge is -2.27. The fourth-order valence-corrected chi connectivity index (χ4v) is 3.75. The van der Waals surface area contributed by atoms with Gasteiger partial charge in [-0.25, -0.2) is 0 Å². The van der Waals surface area contributed by atoms with Gasteiger partial charge in [0.05, 0.1) is 6.54 Å². The quantitative estimate of drug-likeness (QED) is 0.234. The van der Waals surface area contributed by atoms with Crippen LogP contribution in [-0.4, -0.2) is 46.9 Å². The minimum Gasteiger partial charge on any atom is -0.369 e. The molecule has 0 heterocycles. The molecule has 0 saturated heterocycles. The van der Waals surface area contributed by atoms with Gasteiger partial charge in [0.2, 0.25) is 23.5 Å². The van der Waals surface area contributed by atoms with Crippen LogP contribution in [0.4, 0.5) is 0 Å². The van der Waals surface area contributed by atoms with Gasteiger partial charge in [0, 0.05) is 19.5 Å². The number of amides is 4. The monoisotopic (exact) mass is 513 g/mol. The predicted molar refractivity (Wildman–Crippen MR) is 141 cm³/mol. The average Bonchev–Trinajstić information content (AvgIpc) is 2.91. The Morgan fingerprint density at radius 1 is 0.763 bits per heavy atom. The SMILES string of the molecule is NC(=O)[CH]C(=O)N[C@@H](Cc1ccccc1)C(=O)N(CC(=O)C(=O)NCc1ccccc1)Cc1ccccc1. The zero-order valence-electron chi connectivity index (χ0n) is 20.7. The third-order valence-corrected chi connectivity index (χ3v) is 5.58. The van der Waals surface area contributed by atoms with Gasteiger partial charge >= 0.3 is 0 Å². The smallest absolute Gasteiger partial charge is 0.289 e. The van der Waals surface area contributed by atoms with E-state index >= 15 is 0 Å². The average molecular weight is 514 g/mol. The first-order chi connectivity index (χ1) is 18.3. The lowest BCUT2D eigenvalue weighted by atomic mass is 10.0. The largest absolute Gasteiger partial charge is 0.369 e. The molecule has 4 N–H and O–H groups in total. The van der Waals surface area contributed by atoms with Crippen molar-refractivity contribution in [3.63, 3.8) is 0 Å². The second kappa shape index (κ2) is 14.1. The van der Waals surface area contributed by atoms with Gasteiger partial charge in [-0.15, -0.1) is 0 Å². The Morgan fingerprint density at radius 3 is 1.84 bits per heavy atom. The van der Waals surface area contributed by atoms with Crippen LogP contribution >= 0.6 is 0 Å². The van der Waals surface area contributed by atoms with Crippen molar-refractivity contribution >= 4 is 29.4 Å². The number of carbonyl (C=O) groups excluding carboxylic acids is 5. The van der Waals surface area contributed by atoms with Gasteiger partial charge in [-0.05, 0) is 16.7 Å². The molecule has 9 nitrogen and oxygen atoms in total. The molecule has 0 spiro atoms. The van der Waals surface area contributed by atoms with Crippen LogP contribution in [0.15, 0.2) is 91.0 Å². The fraction of sp³-hybridized carbons (Fsp3) is 0.172. The molecule has 0 aromatic heterocycles. The third-order valence-electron chi connectivity index (χ3n) is 5.58. The number of ketones is 1. The highest BCUT2D eigenvalue weighted by Gasteiger charge is 2.29. The van der Waals surface area contributed by atoms with E-state index in [1.807, 2.05) is 42.5 Å². The minimum atomic E-state index is -1.12. The van der Waals surface area contributed by atoms with Gasteiger partial charge in [-0.3, -0.25) is 24.0 Å². The van der Waals surface area contributed by atoms with E-state index in [1.54, 1.807) is 48.5 Å². The van der Waals surface area contributed by atoms with Crippen molar-refractivity contribution in [1.82, 2.24) is 15.5 Å². The summed E-state index contributed by atoms with van der Waals surface area (Å²) in [5.74, 6) is -4.02. The van der Waals surface area contributed by atoms with Gasteiger partial charge in [0.1, 0.15) is 12.5 Å². The second-order valence-electron chi connectivity index (χ2n) is 8.57. The Balaban J connectivity index is 1.80. The Hall–Kier alpha value is -4.79. The molecule has 38 heavy (non-hydrogen) atoms. The molecular weight excluding hydrogens is 484 g/mol. The van der Waals surface area contributed by atoms with Gasteiger partial charge < -0.3 is 21.3 Å². The van der Waals surface area contributed by atoms with Crippen molar-refractivity contribution in [1.29, 1.82) is 0 Å². The summed E-state index contributed by atoms with van der Waals surface area (Å²) in [7, 11) is 0. The molecule has 0 fully saturated rings. The molecule has 0 unspecified atom stereocenters. The molecular formula is C29H29N4O5. The molecule has 3 aromatic rings. The van der Waals surface area contributed by atoms with Crippen LogP contribution in [0.5, 0.6) is 0 Å². The highest BCUT2D eigenvalue weighted by Crippen LogP contribution is 2.11.